The van der Waals surface area contributed by atoms with E-state index in [2.05, 4.69) is 14.6 Å². The number of para-hydroxylation sites is 1. The van der Waals surface area contributed by atoms with Crippen LogP contribution in [0.4, 0.5) is 0 Å². The van der Waals surface area contributed by atoms with Gasteiger partial charge in [-0.3, -0.25) is 9.59 Å². The van der Waals surface area contributed by atoms with Gasteiger partial charge >= 0.3 is 0 Å². The van der Waals surface area contributed by atoms with Gasteiger partial charge in [-0.25, -0.2) is 13.4 Å². The number of halogens is 2. The van der Waals surface area contributed by atoms with Crippen molar-refractivity contribution in [1.82, 2.24) is 24.4 Å². The largest absolute Gasteiger partial charge is 0.487 e. The number of rotatable bonds is 13. The van der Waals surface area contributed by atoms with Crippen LogP contribution in [-0.4, -0.2) is 98.3 Å². The monoisotopic (exact) mass is 706 g/mol. The van der Waals surface area contributed by atoms with Crippen LogP contribution in [0.5, 0.6) is 5.75 Å². The van der Waals surface area contributed by atoms with Crippen molar-refractivity contribution in [1.29, 1.82) is 0 Å². The van der Waals surface area contributed by atoms with Crippen LogP contribution in [0.1, 0.15) is 44.4 Å². The molecule has 0 bridgehead atoms. The fourth-order valence-corrected chi connectivity index (χ4v) is 7.77. The highest BCUT2D eigenvalue weighted by molar-refractivity contribution is 7.89. The molecule has 47 heavy (non-hydrogen) atoms. The van der Waals surface area contributed by atoms with E-state index < -0.39 is 27.5 Å². The Labute approximate surface area is 287 Å². The van der Waals surface area contributed by atoms with Gasteiger partial charge in [-0.15, -0.1) is 0 Å². The molecule has 3 N–H and O–H groups in total. The van der Waals surface area contributed by atoms with E-state index in [0.717, 1.165) is 30.5 Å². The maximum atomic E-state index is 13.6. The average Bonchev–Trinajstić information content (AvgIpc) is 3.01. The molecule has 1 unspecified atom stereocenters. The minimum absolute atomic E-state index is 0.109. The number of unbranched alkanes of at least 4 members (excludes halogenated alkanes) is 1. The Morgan fingerprint density at radius 3 is 2.40 bits per heavy atom. The molecule has 1 saturated heterocycles. The van der Waals surface area contributed by atoms with Gasteiger partial charge in [0.15, 0.2) is 0 Å². The molecular formula is C33H44Cl2N6O5S. The first-order valence-corrected chi connectivity index (χ1v) is 17.8. The van der Waals surface area contributed by atoms with Gasteiger partial charge in [0.2, 0.25) is 21.8 Å². The van der Waals surface area contributed by atoms with Gasteiger partial charge in [-0.1, -0.05) is 47.8 Å². The molecule has 2 amide bonds. The molecule has 1 aromatic heterocycles. The van der Waals surface area contributed by atoms with Gasteiger partial charge in [0.05, 0.1) is 11.1 Å². The Balaban J connectivity index is 1.40. The predicted octanol–water partition coefficient (Wildman–Crippen LogP) is 4.22. The van der Waals surface area contributed by atoms with Crippen molar-refractivity contribution in [3.8, 4) is 5.75 Å². The van der Waals surface area contributed by atoms with Gasteiger partial charge in [0.1, 0.15) is 28.3 Å². The van der Waals surface area contributed by atoms with E-state index in [0.29, 0.717) is 30.8 Å². The Hall–Kier alpha value is -3.00. The van der Waals surface area contributed by atoms with E-state index in [1.54, 1.807) is 15.9 Å². The van der Waals surface area contributed by atoms with Gasteiger partial charge in [0, 0.05) is 47.8 Å². The van der Waals surface area contributed by atoms with E-state index in [4.69, 9.17) is 33.7 Å². The van der Waals surface area contributed by atoms with Crippen LogP contribution in [-0.2, 0) is 26.2 Å². The fourth-order valence-electron chi connectivity index (χ4n) is 5.51. The summed E-state index contributed by atoms with van der Waals surface area (Å²) in [5, 5.41) is 1.01. The Kier molecular flexibility index (Phi) is 12.1. The molecule has 1 aliphatic heterocycles. The first-order chi connectivity index (χ1) is 22.1. The van der Waals surface area contributed by atoms with E-state index in [1.807, 2.05) is 45.3 Å². The third kappa shape index (κ3) is 9.13. The number of hydrogen-bond donors (Lipinski definition) is 2. The second kappa shape index (κ2) is 15.5. The topological polar surface area (TPSA) is 138 Å². The normalized spacial score (nSPS) is 14.9. The number of carbonyl (C=O) groups is 2. The molecule has 14 heteroatoms. The van der Waals surface area contributed by atoms with Gasteiger partial charge < -0.3 is 25.2 Å². The lowest BCUT2D eigenvalue weighted by molar-refractivity contribution is -0.143. The second-order valence-electron chi connectivity index (χ2n) is 12.7. The summed E-state index contributed by atoms with van der Waals surface area (Å²) >= 11 is 13.1. The molecule has 0 spiro atoms. The molecule has 2 heterocycles. The summed E-state index contributed by atoms with van der Waals surface area (Å²) in [5.41, 5.74) is 6.42. The number of pyridine rings is 1. The predicted molar refractivity (Wildman–Crippen MR) is 185 cm³/mol. The number of ether oxygens (including phenoxy) is 1. The molecule has 1 atom stereocenters. The summed E-state index contributed by atoms with van der Waals surface area (Å²) in [6, 6.07) is 11.5. The molecule has 4 rings (SSSR count). The molecule has 0 saturated carbocycles. The summed E-state index contributed by atoms with van der Waals surface area (Å²) in [6.07, 6.45) is 2.41. The molecule has 11 nitrogen and oxygen atoms in total. The molecule has 2 aromatic carbocycles. The number of sulfonamides is 1. The molecule has 1 fully saturated rings. The average molecular weight is 708 g/mol. The van der Waals surface area contributed by atoms with E-state index in [1.165, 1.54) is 26.0 Å². The molecule has 1 aliphatic rings. The van der Waals surface area contributed by atoms with Crippen molar-refractivity contribution in [3.05, 3.63) is 63.8 Å². The van der Waals surface area contributed by atoms with Crippen LogP contribution < -0.4 is 15.2 Å². The number of nitrogens with two attached hydrogens (primary N) is 1. The number of carbonyl (C=O) groups excluding carboxylic acids is 2. The number of aryl methyl sites for hydroxylation is 1. The van der Waals surface area contributed by atoms with Crippen LogP contribution >= 0.6 is 23.2 Å². The summed E-state index contributed by atoms with van der Waals surface area (Å²) in [7, 11) is -0.278. The lowest BCUT2D eigenvalue weighted by Gasteiger charge is -2.39. The summed E-state index contributed by atoms with van der Waals surface area (Å²) in [4.78, 5) is 36.1. The fraction of sp³-hybridized carbons (Fsp3) is 0.485. The van der Waals surface area contributed by atoms with Crippen molar-refractivity contribution >= 4 is 55.9 Å². The third-order valence-corrected chi connectivity index (χ3v) is 10.7. The molecule has 256 valence electrons. The zero-order valence-corrected chi connectivity index (χ0v) is 29.9. The summed E-state index contributed by atoms with van der Waals surface area (Å²) in [5.74, 6) is -0.0558. The highest BCUT2D eigenvalue weighted by Crippen LogP contribution is 2.34. The highest BCUT2D eigenvalue weighted by atomic mass is 35.5. The minimum atomic E-state index is -4.29. The van der Waals surface area contributed by atoms with Crippen LogP contribution in [0.3, 0.4) is 0 Å². The lowest BCUT2D eigenvalue weighted by Crippen LogP contribution is -2.61. The first-order valence-electron chi connectivity index (χ1n) is 15.6. The van der Waals surface area contributed by atoms with Crippen LogP contribution in [0.25, 0.3) is 10.9 Å². The van der Waals surface area contributed by atoms with Gasteiger partial charge in [-0.05, 0) is 78.5 Å². The number of fused-ring (bicyclic) bond motifs is 1. The number of benzene rings is 2. The van der Waals surface area contributed by atoms with Crippen LogP contribution in [0.15, 0.2) is 47.4 Å². The highest BCUT2D eigenvalue weighted by Gasteiger charge is 2.39. The summed E-state index contributed by atoms with van der Waals surface area (Å²) in [6.45, 7) is 6.85. The van der Waals surface area contributed by atoms with E-state index in [-0.39, 0.29) is 46.1 Å². The summed E-state index contributed by atoms with van der Waals surface area (Å²) < 4.78 is 35.8. The zero-order valence-electron chi connectivity index (χ0n) is 27.6. The maximum Gasteiger partial charge on any atom is 0.243 e. The van der Waals surface area contributed by atoms with Crippen molar-refractivity contribution in [2.24, 2.45) is 5.73 Å². The van der Waals surface area contributed by atoms with Crippen molar-refractivity contribution in [2.75, 3.05) is 46.8 Å². The number of nitrogens with one attached hydrogen (secondary N) is 1. The van der Waals surface area contributed by atoms with Crippen molar-refractivity contribution in [3.63, 3.8) is 0 Å². The van der Waals surface area contributed by atoms with E-state index >= 15 is 0 Å². The first kappa shape index (κ1) is 36.8. The number of amides is 2. The van der Waals surface area contributed by atoms with E-state index in [9.17, 15) is 18.0 Å². The Morgan fingerprint density at radius 1 is 1.04 bits per heavy atom. The van der Waals surface area contributed by atoms with Gasteiger partial charge in [-0.2, -0.15) is 4.72 Å². The number of hydrogen-bond acceptors (Lipinski definition) is 8. The second-order valence-corrected chi connectivity index (χ2v) is 15.1. The molecule has 3 aromatic rings. The van der Waals surface area contributed by atoms with Crippen molar-refractivity contribution in [2.45, 2.75) is 63.1 Å². The van der Waals surface area contributed by atoms with Crippen LogP contribution in [0, 0.1) is 6.92 Å². The zero-order chi connectivity index (χ0) is 34.5. The molecule has 0 aliphatic carbocycles. The number of nitrogens with zero attached hydrogens (tertiary/aromatic N) is 4. The standard InChI is InChI=1S/C33H44Cl2N6O5S/c1-22-12-13-23-9-8-11-27(30(23)37-22)46-21-24-25(34)14-15-28(29(24)35)47(44,45)38-33(2,3)32(43)41-19-17-40(18-20-41)31(42)26(36)10-6-7-16-39(4)5/h8-9,11-15,26,38H,6-7,10,16-21,36H2,1-5H3. The molecular weight excluding hydrogens is 663 g/mol. The van der Waals surface area contributed by atoms with Gasteiger partial charge in [0.25, 0.3) is 0 Å². The van der Waals surface area contributed by atoms with Crippen LogP contribution in [0.2, 0.25) is 10.0 Å². The smallest absolute Gasteiger partial charge is 0.243 e. The SMILES string of the molecule is Cc1ccc2cccc(OCc3c(Cl)ccc(S(=O)(=O)NC(C)(C)C(=O)N4CCN(C(=O)C(N)CCCCN(C)C)CC4)c3Cl)c2n1. The third-order valence-electron chi connectivity index (χ3n) is 8.12. The quantitative estimate of drug-likeness (QED) is 0.252. The number of aromatic nitrogens is 1. The Morgan fingerprint density at radius 2 is 1.72 bits per heavy atom. The Bertz CT molecular complexity index is 1710. The lowest BCUT2D eigenvalue weighted by atomic mass is 10.0. The minimum Gasteiger partial charge on any atom is -0.487 e. The van der Waals surface area contributed by atoms with Crippen molar-refractivity contribution < 1.29 is 22.7 Å². The molecule has 0 radical (unpaired) electrons. The maximum absolute atomic E-state index is 13.6. The number of piperazine rings is 1.